The maximum Gasteiger partial charge on any atom is 0.253 e. The number of pyridine rings is 1. The topological polar surface area (TPSA) is 80.1 Å². The van der Waals surface area contributed by atoms with Gasteiger partial charge in [-0.25, -0.2) is 4.98 Å². The van der Waals surface area contributed by atoms with Crippen molar-refractivity contribution in [2.24, 2.45) is 11.3 Å². The molecule has 1 aromatic carbocycles. The van der Waals surface area contributed by atoms with Crippen LogP contribution in [-0.2, 0) is 6.54 Å². The molecule has 3 aromatic rings. The Hall–Kier alpha value is -3.22. The van der Waals surface area contributed by atoms with Gasteiger partial charge in [0.25, 0.3) is 11.8 Å². The van der Waals surface area contributed by atoms with Crippen LogP contribution < -0.4 is 5.32 Å². The lowest BCUT2D eigenvalue weighted by molar-refractivity contribution is 0.0743. The number of hydrogen-bond acceptors (Lipinski definition) is 4. The summed E-state index contributed by atoms with van der Waals surface area (Å²) in [7, 11) is 0. The first-order valence-electron chi connectivity index (χ1n) is 11.2. The van der Waals surface area contributed by atoms with Gasteiger partial charge in [-0.05, 0) is 54.5 Å². The number of amides is 2. The molecule has 7 nitrogen and oxygen atoms in total. The molecule has 0 spiro atoms. The van der Waals surface area contributed by atoms with E-state index in [-0.39, 0.29) is 17.2 Å². The van der Waals surface area contributed by atoms with Gasteiger partial charge in [-0.15, -0.1) is 0 Å². The predicted octanol–water partition coefficient (Wildman–Crippen LogP) is 3.76. The fourth-order valence-corrected chi connectivity index (χ4v) is 4.65. The highest BCUT2D eigenvalue weighted by molar-refractivity contribution is 5.97. The van der Waals surface area contributed by atoms with Gasteiger partial charge >= 0.3 is 0 Å². The van der Waals surface area contributed by atoms with Crippen LogP contribution in [0.1, 0.15) is 54.3 Å². The number of hydrogen-bond donors (Lipinski definition) is 1. The minimum Gasteiger partial charge on any atom is -0.350 e. The lowest BCUT2D eigenvalue weighted by Crippen LogP contribution is -2.34. The Morgan fingerprint density at radius 3 is 2.72 bits per heavy atom. The van der Waals surface area contributed by atoms with Gasteiger partial charge in [0.05, 0.1) is 17.4 Å². The number of nitrogens with zero attached hydrogens (tertiary/aromatic N) is 4. The molecule has 1 atom stereocenters. The first kappa shape index (κ1) is 22.0. The fraction of sp³-hybridized carbons (Fsp3) is 0.440. The van der Waals surface area contributed by atoms with Gasteiger partial charge in [0.15, 0.2) is 0 Å². The number of benzene rings is 1. The van der Waals surface area contributed by atoms with Crippen molar-refractivity contribution in [2.45, 2.75) is 40.2 Å². The van der Waals surface area contributed by atoms with Gasteiger partial charge in [0.2, 0.25) is 0 Å². The summed E-state index contributed by atoms with van der Waals surface area (Å²) in [6.45, 7) is 9.47. The summed E-state index contributed by atoms with van der Waals surface area (Å²) in [6, 6.07) is 9.09. The van der Waals surface area contributed by atoms with Crippen molar-refractivity contribution >= 4 is 22.8 Å². The molecular weight excluding hydrogens is 402 g/mol. The van der Waals surface area contributed by atoms with Crippen LogP contribution in [-0.4, -0.2) is 50.9 Å². The Morgan fingerprint density at radius 1 is 1.16 bits per heavy atom. The van der Waals surface area contributed by atoms with Crippen molar-refractivity contribution in [3.8, 4) is 0 Å². The predicted molar refractivity (Wildman–Crippen MR) is 124 cm³/mol. The van der Waals surface area contributed by atoms with E-state index in [2.05, 4.69) is 36.1 Å². The summed E-state index contributed by atoms with van der Waals surface area (Å²) in [6.07, 6.45) is 7.12. The van der Waals surface area contributed by atoms with E-state index in [0.717, 1.165) is 37.0 Å². The maximum atomic E-state index is 13.2. The molecule has 3 heterocycles. The summed E-state index contributed by atoms with van der Waals surface area (Å²) in [5.74, 6) is 0.442. The van der Waals surface area contributed by atoms with E-state index in [1.807, 2.05) is 27.7 Å². The van der Waals surface area contributed by atoms with Crippen LogP contribution in [0.3, 0.4) is 0 Å². The summed E-state index contributed by atoms with van der Waals surface area (Å²) >= 11 is 0. The Labute approximate surface area is 188 Å². The molecule has 1 aliphatic rings. The number of fused-ring (bicyclic) bond motifs is 1. The Balaban J connectivity index is 1.41. The normalized spacial score (nSPS) is 18.3. The molecule has 0 bridgehead atoms. The maximum absolute atomic E-state index is 13.2. The molecule has 1 saturated heterocycles. The molecule has 0 saturated carbocycles. The van der Waals surface area contributed by atoms with Crippen LogP contribution in [0.2, 0.25) is 0 Å². The third-order valence-electron chi connectivity index (χ3n) is 6.23. The lowest BCUT2D eigenvalue weighted by Gasteiger charge is -2.23. The van der Waals surface area contributed by atoms with Gasteiger partial charge in [-0.3, -0.25) is 14.6 Å². The highest BCUT2D eigenvalue weighted by atomic mass is 16.2. The second-order valence-corrected chi connectivity index (χ2v) is 9.61. The summed E-state index contributed by atoms with van der Waals surface area (Å²) in [5.41, 5.74) is 3.28. The minimum absolute atomic E-state index is 0.0793. The zero-order valence-electron chi connectivity index (χ0n) is 19.0. The molecule has 2 amide bonds. The standard InChI is InChI=1S/C25H31N5O2/c1-18-15-25(2,3)8-12-29(16-18)24(32)20-4-5-22-21(14-20)28-17-30(22)13-11-27-23(31)19-6-9-26-10-7-19/h4-7,9-10,14,17-18H,8,11-13,15-16H2,1-3H3,(H,27,31). The molecule has 0 radical (unpaired) electrons. The summed E-state index contributed by atoms with van der Waals surface area (Å²) in [5, 5.41) is 2.92. The quantitative estimate of drug-likeness (QED) is 0.664. The number of aromatic nitrogens is 3. The van der Waals surface area contributed by atoms with Crippen LogP contribution >= 0.6 is 0 Å². The highest BCUT2D eigenvalue weighted by Crippen LogP contribution is 2.33. The molecule has 2 aromatic heterocycles. The average Bonchev–Trinajstić information content (AvgIpc) is 3.11. The van der Waals surface area contributed by atoms with Gasteiger partial charge < -0.3 is 14.8 Å². The largest absolute Gasteiger partial charge is 0.350 e. The molecule has 4 rings (SSSR count). The van der Waals surface area contributed by atoms with Gasteiger partial charge in [-0.2, -0.15) is 0 Å². The van der Waals surface area contributed by atoms with Crippen molar-refractivity contribution in [1.29, 1.82) is 0 Å². The third kappa shape index (κ3) is 4.98. The van der Waals surface area contributed by atoms with E-state index in [9.17, 15) is 9.59 Å². The first-order valence-corrected chi connectivity index (χ1v) is 11.2. The smallest absolute Gasteiger partial charge is 0.253 e. The van der Waals surface area contributed by atoms with Crippen LogP contribution in [0.15, 0.2) is 49.1 Å². The van der Waals surface area contributed by atoms with E-state index >= 15 is 0 Å². The first-order chi connectivity index (χ1) is 15.3. The van der Waals surface area contributed by atoms with E-state index in [0.29, 0.717) is 30.1 Å². The Kier molecular flexibility index (Phi) is 6.26. The summed E-state index contributed by atoms with van der Waals surface area (Å²) < 4.78 is 1.99. The number of likely N-dealkylation sites (tertiary alicyclic amines) is 1. The molecule has 7 heteroatoms. The van der Waals surface area contributed by atoms with E-state index in [1.54, 1.807) is 30.9 Å². The van der Waals surface area contributed by atoms with Gasteiger partial charge in [0, 0.05) is 49.7 Å². The minimum atomic E-state index is -0.125. The van der Waals surface area contributed by atoms with Crippen LogP contribution in [0.4, 0.5) is 0 Å². The third-order valence-corrected chi connectivity index (χ3v) is 6.23. The molecule has 1 N–H and O–H groups in total. The second-order valence-electron chi connectivity index (χ2n) is 9.61. The zero-order chi connectivity index (χ0) is 22.7. The van der Waals surface area contributed by atoms with E-state index < -0.39 is 0 Å². The molecule has 1 aliphatic heterocycles. The van der Waals surface area contributed by atoms with Crippen molar-refractivity contribution in [3.05, 3.63) is 60.2 Å². The number of rotatable bonds is 5. The SMILES string of the molecule is CC1CN(C(=O)c2ccc3c(c2)ncn3CCNC(=O)c2ccncc2)CCC(C)(C)C1. The van der Waals surface area contributed by atoms with Crippen molar-refractivity contribution < 1.29 is 9.59 Å². The van der Waals surface area contributed by atoms with Crippen LogP contribution in [0, 0.1) is 11.3 Å². The second kappa shape index (κ2) is 9.10. The Bertz CT molecular complexity index is 1110. The van der Waals surface area contributed by atoms with Crippen molar-refractivity contribution in [1.82, 2.24) is 24.8 Å². The highest BCUT2D eigenvalue weighted by Gasteiger charge is 2.29. The van der Waals surface area contributed by atoms with E-state index in [1.165, 1.54) is 0 Å². The number of carbonyl (C=O) groups excluding carboxylic acids is 2. The molecular formula is C25H31N5O2. The molecule has 168 valence electrons. The summed E-state index contributed by atoms with van der Waals surface area (Å²) in [4.78, 5) is 35.8. The van der Waals surface area contributed by atoms with Crippen LogP contribution in [0.25, 0.3) is 11.0 Å². The van der Waals surface area contributed by atoms with Gasteiger partial charge in [-0.1, -0.05) is 20.8 Å². The number of nitrogens with one attached hydrogen (secondary N) is 1. The molecule has 0 aliphatic carbocycles. The monoisotopic (exact) mass is 433 g/mol. The Morgan fingerprint density at radius 2 is 1.94 bits per heavy atom. The molecule has 32 heavy (non-hydrogen) atoms. The molecule has 1 unspecified atom stereocenters. The lowest BCUT2D eigenvalue weighted by atomic mass is 9.82. The van der Waals surface area contributed by atoms with Crippen molar-refractivity contribution in [3.63, 3.8) is 0 Å². The van der Waals surface area contributed by atoms with Crippen molar-refractivity contribution in [2.75, 3.05) is 19.6 Å². The molecule has 1 fully saturated rings. The fourth-order valence-electron chi connectivity index (χ4n) is 4.65. The zero-order valence-corrected chi connectivity index (χ0v) is 19.0. The van der Waals surface area contributed by atoms with E-state index in [4.69, 9.17) is 0 Å². The van der Waals surface area contributed by atoms with Crippen LogP contribution in [0.5, 0.6) is 0 Å². The number of carbonyl (C=O) groups is 2. The van der Waals surface area contributed by atoms with Gasteiger partial charge in [0.1, 0.15) is 0 Å². The average molecular weight is 434 g/mol. The number of imidazole rings is 1.